The van der Waals surface area contributed by atoms with E-state index in [1.807, 2.05) is 0 Å². The van der Waals surface area contributed by atoms with Gasteiger partial charge in [0.2, 0.25) is 0 Å². The van der Waals surface area contributed by atoms with Gasteiger partial charge in [0.15, 0.2) is 0 Å². The van der Waals surface area contributed by atoms with Gasteiger partial charge in [0, 0.05) is 0 Å². The maximum Gasteiger partial charge on any atom is 2.00 e. The molecule has 0 amide bonds. The van der Waals surface area contributed by atoms with Gasteiger partial charge in [-0.25, -0.2) is 4.57 Å². The van der Waals surface area contributed by atoms with Crippen LogP contribution in [0.3, 0.4) is 0 Å². The first-order valence-electron chi connectivity index (χ1n) is 0.783. The van der Waals surface area contributed by atoms with Gasteiger partial charge in [-0.2, -0.15) is 0 Å². The molecule has 0 saturated heterocycles. The fourth-order valence-corrected chi connectivity index (χ4v) is 0. The van der Waals surface area contributed by atoms with E-state index in [4.69, 9.17) is 19.2 Å². The van der Waals surface area contributed by atoms with Crippen LogP contribution >= 0.6 is 7.82 Å². The minimum Gasteiger partial charge on any atom is -1.00 e. The van der Waals surface area contributed by atoms with Crippen molar-refractivity contribution < 1.29 is 53.1 Å². The molecule has 0 atom stereocenters. The number of phosphoric acid groups is 1. The minimum atomic E-state index is -4.64. The zero-order valence-corrected chi connectivity index (χ0v) is 9.71. The zero-order chi connectivity index (χ0) is 4.50. The van der Waals surface area contributed by atoms with Crippen LogP contribution in [0.2, 0.25) is 0 Å². The molecule has 0 aliphatic heterocycles. The van der Waals surface area contributed by atoms with Gasteiger partial charge in [0.1, 0.15) is 0 Å². The van der Waals surface area contributed by atoms with Gasteiger partial charge < -0.3 is 25.1 Å². The van der Waals surface area contributed by atoms with Gasteiger partial charge in [0.05, 0.1) is 0 Å². The topological polar surface area (TPSA) is 113 Å². The Morgan fingerprint density at radius 3 is 1.25 bits per heavy atom. The van der Waals surface area contributed by atoms with E-state index in [9.17, 15) is 0 Å². The van der Waals surface area contributed by atoms with Crippen LogP contribution in [0.1, 0.15) is 4.28 Å². The van der Waals surface area contributed by atoms with Crippen LogP contribution in [0.4, 0.5) is 0 Å². The first-order valence-corrected chi connectivity index (χ1v) is 2.35. The van der Waals surface area contributed by atoms with Crippen molar-refractivity contribution in [3.05, 3.63) is 0 Å². The van der Waals surface area contributed by atoms with Gasteiger partial charge in [0.25, 0.3) is 0 Å². The first kappa shape index (κ1) is 22.4. The van der Waals surface area contributed by atoms with Gasteiger partial charge in [-0.1, -0.05) is 0 Å². The molecule has 0 fully saturated rings. The van der Waals surface area contributed by atoms with Crippen molar-refractivity contribution >= 4 is 45.6 Å². The molecule has 0 rings (SSSR count). The predicted octanol–water partition coefficient (Wildman–Crippen LogP) is -3.81. The Morgan fingerprint density at radius 2 is 1.25 bits per heavy atom. The van der Waals surface area contributed by atoms with Gasteiger partial charge >= 0.3 is 75.1 Å². The largest absolute Gasteiger partial charge is 2.00 e. The molecule has 0 aromatic carbocycles. The summed E-state index contributed by atoms with van der Waals surface area (Å²) >= 11 is 0. The molecule has 0 aliphatic rings. The molecule has 0 unspecified atom stereocenters. The van der Waals surface area contributed by atoms with E-state index < -0.39 is 7.82 Å². The van der Waals surface area contributed by atoms with E-state index >= 15 is 0 Å². The van der Waals surface area contributed by atoms with E-state index in [1.165, 1.54) is 0 Å². The Hall–Kier alpha value is 2.33. The molecule has 0 aromatic heterocycles. The third kappa shape index (κ3) is 82.5. The number of hydrogen-bond donors (Lipinski definition) is 4. The van der Waals surface area contributed by atoms with E-state index in [0.717, 1.165) is 0 Å². The summed E-state index contributed by atoms with van der Waals surface area (Å²) in [5, 5.41) is 0. The summed E-state index contributed by atoms with van der Waals surface area (Å²) in [7, 11) is -4.64. The molecule has 0 aliphatic carbocycles. The average Bonchev–Trinajstić information content (AvgIpc) is 0.722. The summed E-state index contributed by atoms with van der Waals surface area (Å²) in [6, 6.07) is 0. The van der Waals surface area contributed by atoms with Crippen molar-refractivity contribution in [1.29, 1.82) is 0 Å². The van der Waals surface area contributed by atoms with E-state index in [1.54, 1.807) is 0 Å². The summed E-state index contributed by atoms with van der Waals surface area (Å²) in [5.41, 5.74) is 0. The van der Waals surface area contributed by atoms with Crippen LogP contribution in [0, 0.1) is 0 Å². The monoisotopic (exact) mass is 181 g/mol. The first-order chi connectivity index (χ1) is 2.00. The summed E-state index contributed by atoms with van der Waals surface area (Å²) in [5.74, 6) is 0. The number of hydrogen-bond acceptors (Lipinski definition) is 2. The summed E-state index contributed by atoms with van der Waals surface area (Å²) in [6.45, 7) is 0. The van der Waals surface area contributed by atoms with Gasteiger partial charge in [-0.05, 0) is 0 Å². The second-order valence-electron chi connectivity index (χ2n) is 0.513. The standard InChI is InChI=1S/Ca.H3N.Na.H3O4P.3H/c;;;1-5(2,3)4;;;/h;1H3;;(H3,1,2,3,4);;;/q+2;;+1;;3*-1. The van der Waals surface area contributed by atoms with Crippen LogP contribution in [0.5, 0.6) is 0 Å². The molecule has 5 nitrogen and oxygen atoms in total. The van der Waals surface area contributed by atoms with E-state index in [2.05, 4.69) is 0 Å². The third-order valence-corrected chi connectivity index (χ3v) is 0. The van der Waals surface area contributed by atoms with Crippen LogP contribution in [0.25, 0.3) is 0 Å². The fourth-order valence-electron chi connectivity index (χ4n) is 0. The minimum absolute atomic E-state index is 0. The maximum atomic E-state index is 8.88. The van der Waals surface area contributed by atoms with Gasteiger partial charge in [-0.15, -0.1) is 0 Å². The molecular formula is H9CaNNaO4P. The van der Waals surface area contributed by atoms with Crippen LogP contribution < -0.4 is 35.7 Å². The molecule has 46 valence electrons. The van der Waals surface area contributed by atoms with Crippen LogP contribution in [0.15, 0.2) is 0 Å². The molecule has 8 heavy (non-hydrogen) atoms. The molecule has 8 heteroatoms. The second-order valence-corrected chi connectivity index (χ2v) is 1.54. The fraction of sp³-hybridized carbons (Fsp3) is 0. The van der Waals surface area contributed by atoms with Crippen molar-refractivity contribution in [2.45, 2.75) is 0 Å². The zero-order valence-electron chi connectivity index (χ0n) is 7.61. The molecule has 0 heterocycles. The van der Waals surface area contributed by atoms with Crippen molar-refractivity contribution in [3.63, 3.8) is 0 Å². The molecule has 0 spiro atoms. The summed E-state index contributed by atoms with van der Waals surface area (Å²) in [6.07, 6.45) is 0. The Morgan fingerprint density at radius 1 is 1.25 bits per heavy atom. The second kappa shape index (κ2) is 9.33. The molecular weight excluding hydrogens is 172 g/mol. The Balaban J connectivity index is -0.00000000533. The van der Waals surface area contributed by atoms with Crippen molar-refractivity contribution in [1.82, 2.24) is 6.15 Å². The van der Waals surface area contributed by atoms with Gasteiger partial charge in [-0.3, -0.25) is 0 Å². The number of rotatable bonds is 0. The normalized spacial score (nSPS) is 7.38. The van der Waals surface area contributed by atoms with Crippen molar-refractivity contribution in [2.75, 3.05) is 0 Å². The van der Waals surface area contributed by atoms with Crippen LogP contribution in [-0.2, 0) is 4.57 Å². The molecule has 0 radical (unpaired) electrons. The Labute approximate surface area is 103 Å². The summed E-state index contributed by atoms with van der Waals surface area (Å²) in [4.78, 5) is 21.6. The Kier molecular flexibility index (Phi) is 26.2. The molecule has 0 saturated carbocycles. The average molecular weight is 181 g/mol. The van der Waals surface area contributed by atoms with Crippen molar-refractivity contribution in [3.8, 4) is 0 Å². The smallest absolute Gasteiger partial charge is 1.00 e. The van der Waals surface area contributed by atoms with E-state index in [-0.39, 0.29) is 77.7 Å². The third-order valence-electron chi connectivity index (χ3n) is 0. The predicted molar refractivity (Wildman–Crippen MR) is 28.4 cm³/mol. The molecule has 0 aromatic rings. The van der Waals surface area contributed by atoms with Crippen molar-refractivity contribution in [2.24, 2.45) is 0 Å². The molecule has 0 bridgehead atoms. The SMILES string of the molecule is N.O=P(O)(O)O.[Ca+2].[H-].[H-].[H-].[Na+]. The summed E-state index contributed by atoms with van der Waals surface area (Å²) < 4.78 is 8.88. The quantitative estimate of drug-likeness (QED) is 0.226. The Bertz CT molecular complexity index is 71.5. The van der Waals surface area contributed by atoms with E-state index in [0.29, 0.717) is 0 Å². The maximum absolute atomic E-state index is 8.88. The van der Waals surface area contributed by atoms with Crippen LogP contribution in [-0.4, -0.2) is 52.4 Å². The molecule has 6 N–H and O–H groups in total.